The predicted octanol–water partition coefficient (Wildman–Crippen LogP) is 1.17. The van der Waals surface area contributed by atoms with Gasteiger partial charge in [-0.2, -0.15) is 0 Å². The second kappa shape index (κ2) is 10.8. The monoisotopic (exact) mass is 398 g/mol. The van der Waals surface area contributed by atoms with Crippen molar-refractivity contribution in [3.63, 3.8) is 0 Å². The van der Waals surface area contributed by atoms with Crippen LogP contribution in [-0.4, -0.2) is 48.6 Å². The van der Waals surface area contributed by atoms with Crippen molar-refractivity contribution in [2.75, 3.05) is 19.0 Å². The molecule has 0 aliphatic rings. The van der Waals surface area contributed by atoms with Gasteiger partial charge in [0.2, 0.25) is 11.8 Å². The minimum atomic E-state index is -1.67. The van der Waals surface area contributed by atoms with Crippen LogP contribution in [0.15, 0.2) is 42.5 Å². The van der Waals surface area contributed by atoms with Gasteiger partial charge < -0.3 is 25.4 Å². The van der Waals surface area contributed by atoms with Crippen molar-refractivity contribution in [1.82, 2.24) is 5.32 Å². The average Bonchev–Trinajstić information content (AvgIpc) is 2.65. The van der Waals surface area contributed by atoms with E-state index >= 15 is 0 Å². The Balaban J connectivity index is 1.95. The minimum absolute atomic E-state index is 0.0323. The van der Waals surface area contributed by atoms with E-state index in [1.165, 1.54) is 7.11 Å². The molecule has 2 amide bonds. The Bertz CT molecular complexity index is 839. The maximum absolute atomic E-state index is 12.4. The summed E-state index contributed by atoms with van der Waals surface area (Å²) in [5, 5.41) is 24.7. The molecule has 29 heavy (non-hydrogen) atoms. The summed E-state index contributed by atoms with van der Waals surface area (Å²) in [6.07, 6.45) is 0.405. The van der Waals surface area contributed by atoms with Crippen LogP contribution in [0.4, 0.5) is 5.69 Å². The first-order chi connectivity index (χ1) is 13.8. The van der Waals surface area contributed by atoms with Crippen molar-refractivity contribution in [2.24, 2.45) is 0 Å². The molecular formula is C21H27BN2O5. The highest BCUT2D eigenvalue weighted by Crippen LogP contribution is 2.14. The first-order valence-electron chi connectivity index (χ1n) is 9.38. The van der Waals surface area contributed by atoms with Gasteiger partial charge in [-0.05, 0) is 49.1 Å². The molecule has 0 aliphatic heterocycles. The van der Waals surface area contributed by atoms with E-state index in [0.717, 1.165) is 22.3 Å². The van der Waals surface area contributed by atoms with Crippen molar-refractivity contribution in [3.05, 3.63) is 64.7 Å². The van der Waals surface area contributed by atoms with Crippen LogP contribution in [0.25, 0.3) is 0 Å². The zero-order valence-corrected chi connectivity index (χ0v) is 16.9. The highest BCUT2D eigenvalue weighted by atomic mass is 16.5. The second-order valence-corrected chi connectivity index (χ2v) is 7.08. The number of benzene rings is 2. The maximum Gasteiger partial charge on any atom is 0.475 e. The van der Waals surface area contributed by atoms with E-state index in [1.807, 2.05) is 32.0 Å². The van der Waals surface area contributed by atoms with Gasteiger partial charge in [-0.15, -0.1) is 0 Å². The molecule has 8 heteroatoms. The van der Waals surface area contributed by atoms with Gasteiger partial charge in [0.25, 0.3) is 0 Å². The number of anilines is 1. The molecule has 154 valence electrons. The van der Waals surface area contributed by atoms with Crippen LogP contribution in [0.5, 0.6) is 0 Å². The molecule has 2 aromatic rings. The van der Waals surface area contributed by atoms with Crippen LogP contribution in [0, 0.1) is 13.8 Å². The summed E-state index contributed by atoms with van der Waals surface area (Å²) in [6, 6.07) is 12.8. The first kappa shape index (κ1) is 22.6. The Morgan fingerprint density at radius 1 is 1.07 bits per heavy atom. The Labute approximate surface area is 171 Å². The number of hydrogen-bond acceptors (Lipinski definition) is 5. The van der Waals surface area contributed by atoms with Gasteiger partial charge in [0.15, 0.2) is 0 Å². The molecule has 4 N–H and O–H groups in total. The summed E-state index contributed by atoms with van der Waals surface area (Å²) < 4.78 is 4.76. The van der Waals surface area contributed by atoms with E-state index in [9.17, 15) is 19.6 Å². The number of ether oxygens (including phenoxy) is 1. The van der Waals surface area contributed by atoms with Crippen molar-refractivity contribution >= 4 is 24.6 Å². The summed E-state index contributed by atoms with van der Waals surface area (Å²) in [6.45, 7) is 3.92. The zero-order valence-electron chi connectivity index (χ0n) is 16.9. The van der Waals surface area contributed by atoms with E-state index in [1.54, 1.807) is 24.3 Å². The number of nitrogens with one attached hydrogen (secondary N) is 2. The number of carbonyl (C=O) groups excluding carboxylic acids is 2. The molecular weight excluding hydrogens is 371 g/mol. The third kappa shape index (κ3) is 7.34. The van der Waals surface area contributed by atoms with E-state index < -0.39 is 13.1 Å². The molecule has 0 saturated carbocycles. The van der Waals surface area contributed by atoms with Crippen LogP contribution in [0.3, 0.4) is 0 Å². The summed E-state index contributed by atoms with van der Waals surface area (Å²) in [5.74, 6) is -1.38. The normalized spacial score (nSPS) is 11.6. The lowest BCUT2D eigenvalue weighted by atomic mass is 9.75. The van der Waals surface area contributed by atoms with E-state index in [-0.39, 0.29) is 24.8 Å². The average molecular weight is 398 g/mol. The lowest BCUT2D eigenvalue weighted by Crippen LogP contribution is -2.48. The Morgan fingerprint density at radius 2 is 1.76 bits per heavy atom. The molecule has 1 unspecified atom stereocenters. The summed E-state index contributed by atoms with van der Waals surface area (Å²) in [5.41, 5.74) is 4.46. The number of rotatable bonds is 9. The van der Waals surface area contributed by atoms with Gasteiger partial charge in [0, 0.05) is 12.8 Å². The quantitative estimate of drug-likeness (QED) is 0.475. The lowest BCUT2D eigenvalue weighted by molar-refractivity contribution is -0.121. The van der Waals surface area contributed by atoms with Crippen LogP contribution < -0.4 is 10.6 Å². The first-order valence-corrected chi connectivity index (χ1v) is 9.38. The standard InChI is InChI=1S/C21H27BN2O5/c1-14-4-7-17(15(2)10-14)12-19(22(27)28)24-20(25)11-16-5-8-18(9-6-16)23-21(26)13-29-3/h4-10,19,27-28H,11-13H2,1-3H3,(H,23,26)(H,24,25). The van der Waals surface area contributed by atoms with Crippen LogP contribution in [0.1, 0.15) is 22.3 Å². The van der Waals surface area contributed by atoms with Gasteiger partial charge in [-0.3, -0.25) is 9.59 Å². The molecule has 0 fully saturated rings. The molecule has 7 nitrogen and oxygen atoms in total. The fraction of sp³-hybridized carbons (Fsp3) is 0.333. The largest absolute Gasteiger partial charge is 0.475 e. The zero-order chi connectivity index (χ0) is 21.4. The minimum Gasteiger partial charge on any atom is -0.426 e. The Hall–Kier alpha value is -2.68. The van der Waals surface area contributed by atoms with Crippen molar-refractivity contribution in [1.29, 1.82) is 0 Å². The molecule has 2 aromatic carbocycles. The smallest absolute Gasteiger partial charge is 0.426 e. The molecule has 0 spiro atoms. The number of carbonyl (C=O) groups is 2. The van der Waals surface area contributed by atoms with Gasteiger partial charge in [0.1, 0.15) is 6.61 Å². The second-order valence-electron chi connectivity index (χ2n) is 7.08. The number of amides is 2. The third-order valence-corrected chi connectivity index (χ3v) is 4.52. The lowest BCUT2D eigenvalue weighted by Gasteiger charge is -2.19. The van der Waals surface area contributed by atoms with Crippen molar-refractivity contribution in [2.45, 2.75) is 32.6 Å². The number of hydrogen-bond donors (Lipinski definition) is 4. The number of methoxy groups -OCH3 is 1. The van der Waals surface area contributed by atoms with Crippen LogP contribution in [0.2, 0.25) is 0 Å². The molecule has 2 rings (SSSR count). The summed E-state index contributed by atoms with van der Waals surface area (Å²) in [4.78, 5) is 23.9. The summed E-state index contributed by atoms with van der Waals surface area (Å²) >= 11 is 0. The molecule has 0 heterocycles. The fourth-order valence-electron chi connectivity index (χ4n) is 3.02. The summed E-state index contributed by atoms with van der Waals surface area (Å²) in [7, 11) is -0.226. The topological polar surface area (TPSA) is 108 Å². The Morgan fingerprint density at radius 3 is 2.34 bits per heavy atom. The van der Waals surface area contributed by atoms with Crippen LogP contribution >= 0.6 is 0 Å². The Kier molecular flexibility index (Phi) is 8.39. The fourth-order valence-corrected chi connectivity index (χ4v) is 3.02. The van der Waals surface area contributed by atoms with E-state index in [4.69, 9.17) is 4.74 Å². The van der Waals surface area contributed by atoms with Gasteiger partial charge >= 0.3 is 7.12 Å². The highest BCUT2D eigenvalue weighted by molar-refractivity contribution is 6.43. The van der Waals surface area contributed by atoms with Crippen molar-refractivity contribution in [3.8, 4) is 0 Å². The maximum atomic E-state index is 12.4. The molecule has 0 radical (unpaired) electrons. The van der Waals surface area contributed by atoms with Gasteiger partial charge in [-0.1, -0.05) is 35.9 Å². The number of aryl methyl sites for hydroxylation is 2. The van der Waals surface area contributed by atoms with Crippen LogP contribution in [-0.2, 0) is 27.2 Å². The van der Waals surface area contributed by atoms with Gasteiger partial charge in [0.05, 0.1) is 12.4 Å². The van der Waals surface area contributed by atoms with E-state index in [0.29, 0.717) is 12.1 Å². The highest BCUT2D eigenvalue weighted by Gasteiger charge is 2.26. The van der Waals surface area contributed by atoms with Crippen molar-refractivity contribution < 1.29 is 24.4 Å². The molecule has 0 aliphatic carbocycles. The third-order valence-electron chi connectivity index (χ3n) is 4.52. The molecule has 0 bridgehead atoms. The predicted molar refractivity (Wildman–Crippen MR) is 112 cm³/mol. The molecule has 0 saturated heterocycles. The van der Waals surface area contributed by atoms with E-state index in [2.05, 4.69) is 10.6 Å². The SMILES string of the molecule is COCC(=O)Nc1ccc(CC(=O)NC(Cc2ccc(C)cc2C)B(O)O)cc1. The molecule has 1 atom stereocenters. The van der Waals surface area contributed by atoms with Gasteiger partial charge in [-0.25, -0.2) is 0 Å². The molecule has 0 aromatic heterocycles.